The molecule has 1 aliphatic heterocycles. The first-order valence-electron chi connectivity index (χ1n) is 9.31. The van der Waals surface area contributed by atoms with Crippen molar-refractivity contribution >= 4 is 5.91 Å². The Bertz CT molecular complexity index is 745. The molecule has 2 N–H and O–H groups in total. The highest BCUT2D eigenvalue weighted by Gasteiger charge is 2.34. The number of likely N-dealkylation sites (tertiary alicyclic amines) is 1. The molecule has 26 heavy (non-hydrogen) atoms. The van der Waals surface area contributed by atoms with E-state index in [0.29, 0.717) is 31.4 Å². The van der Waals surface area contributed by atoms with E-state index >= 15 is 0 Å². The van der Waals surface area contributed by atoms with E-state index in [0.717, 1.165) is 18.8 Å². The van der Waals surface area contributed by atoms with Crippen molar-refractivity contribution in [1.82, 2.24) is 4.90 Å². The van der Waals surface area contributed by atoms with Crippen molar-refractivity contribution in [1.29, 1.82) is 0 Å². The van der Waals surface area contributed by atoms with Crippen LogP contribution in [0.3, 0.4) is 0 Å². The van der Waals surface area contributed by atoms with Gasteiger partial charge in [0.15, 0.2) is 0 Å². The third kappa shape index (κ3) is 4.25. The van der Waals surface area contributed by atoms with Crippen molar-refractivity contribution in [2.24, 2.45) is 11.7 Å². The highest BCUT2D eigenvalue weighted by molar-refractivity contribution is 5.76. The molecule has 2 aromatic carbocycles. The molecule has 0 bridgehead atoms. The highest BCUT2D eigenvalue weighted by Crippen LogP contribution is 2.32. The van der Waals surface area contributed by atoms with Gasteiger partial charge in [-0.15, -0.1) is 0 Å². The Labute approximate surface area is 156 Å². The van der Waals surface area contributed by atoms with Crippen molar-refractivity contribution < 1.29 is 9.53 Å². The zero-order valence-electron chi connectivity index (χ0n) is 15.7. The van der Waals surface area contributed by atoms with Crippen LogP contribution >= 0.6 is 0 Å². The molecule has 0 unspecified atom stereocenters. The van der Waals surface area contributed by atoms with Crippen LogP contribution in [0, 0.1) is 19.8 Å². The highest BCUT2D eigenvalue weighted by atomic mass is 16.5. The number of hydrogen-bond donors (Lipinski definition) is 1. The Balaban J connectivity index is 1.54. The molecule has 1 amide bonds. The predicted octanol–water partition coefficient (Wildman–Crippen LogP) is 3.27. The van der Waals surface area contributed by atoms with Crippen molar-refractivity contribution in [2.75, 3.05) is 26.2 Å². The maximum atomic E-state index is 12.6. The number of carbonyl (C=O) groups is 1. The molecule has 1 heterocycles. The van der Waals surface area contributed by atoms with Gasteiger partial charge in [0, 0.05) is 19.0 Å². The molecule has 1 aliphatic rings. The smallest absolute Gasteiger partial charge is 0.226 e. The number of rotatable bonds is 6. The number of ether oxygens (including phenoxy) is 1. The third-order valence-corrected chi connectivity index (χ3v) is 5.39. The maximum absolute atomic E-state index is 12.6. The molecule has 4 nitrogen and oxygen atoms in total. The number of benzene rings is 2. The van der Waals surface area contributed by atoms with E-state index in [9.17, 15) is 4.79 Å². The number of nitrogens with zero attached hydrogens (tertiary/aromatic N) is 1. The number of carbonyl (C=O) groups excluding carboxylic acids is 1. The monoisotopic (exact) mass is 352 g/mol. The Morgan fingerprint density at radius 1 is 1.12 bits per heavy atom. The van der Waals surface area contributed by atoms with Gasteiger partial charge in [-0.05, 0) is 55.1 Å². The van der Waals surface area contributed by atoms with Crippen molar-refractivity contribution in [3.05, 3.63) is 65.2 Å². The molecular weight excluding hydrogens is 324 g/mol. The van der Waals surface area contributed by atoms with Crippen LogP contribution in [0.25, 0.3) is 0 Å². The summed E-state index contributed by atoms with van der Waals surface area (Å²) in [4.78, 5) is 14.5. The van der Waals surface area contributed by atoms with Gasteiger partial charge >= 0.3 is 0 Å². The zero-order valence-corrected chi connectivity index (χ0v) is 15.7. The maximum Gasteiger partial charge on any atom is 0.226 e. The minimum Gasteiger partial charge on any atom is -0.493 e. The number of amides is 1. The van der Waals surface area contributed by atoms with Gasteiger partial charge in [0.05, 0.1) is 13.0 Å². The second kappa shape index (κ2) is 8.37. The Hall–Kier alpha value is -2.33. The van der Waals surface area contributed by atoms with Gasteiger partial charge in [0.2, 0.25) is 5.91 Å². The second-order valence-corrected chi connectivity index (χ2v) is 7.16. The van der Waals surface area contributed by atoms with Crippen LogP contribution in [0.4, 0.5) is 0 Å². The quantitative estimate of drug-likeness (QED) is 0.868. The van der Waals surface area contributed by atoms with Gasteiger partial charge in [-0.3, -0.25) is 4.79 Å². The molecule has 4 heteroatoms. The largest absolute Gasteiger partial charge is 0.493 e. The first kappa shape index (κ1) is 18.5. The van der Waals surface area contributed by atoms with Gasteiger partial charge < -0.3 is 15.4 Å². The van der Waals surface area contributed by atoms with Crippen molar-refractivity contribution in [3.63, 3.8) is 0 Å². The van der Waals surface area contributed by atoms with Gasteiger partial charge in [-0.25, -0.2) is 0 Å². The van der Waals surface area contributed by atoms with Crippen LogP contribution in [0.15, 0.2) is 48.5 Å². The number of aryl methyl sites for hydroxylation is 2. The summed E-state index contributed by atoms with van der Waals surface area (Å²) in [7, 11) is 0. The van der Waals surface area contributed by atoms with Gasteiger partial charge in [-0.1, -0.05) is 36.4 Å². The van der Waals surface area contributed by atoms with Crippen LogP contribution in [0.1, 0.15) is 29.0 Å². The Morgan fingerprint density at radius 2 is 1.88 bits per heavy atom. The molecule has 0 aliphatic carbocycles. The first-order chi connectivity index (χ1) is 12.6. The average Bonchev–Trinajstić information content (AvgIpc) is 3.10. The molecule has 2 atom stereocenters. The van der Waals surface area contributed by atoms with Crippen LogP contribution in [0.2, 0.25) is 0 Å². The molecular formula is C22H28N2O2. The van der Waals surface area contributed by atoms with Crippen LogP contribution in [-0.4, -0.2) is 37.0 Å². The third-order valence-electron chi connectivity index (χ3n) is 5.39. The second-order valence-electron chi connectivity index (χ2n) is 7.16. The SMILES string of the molecule is Cc1ccc(OCCC(=O)N2C[C@@H](CN)[C@H](c3ccccc3)C2)cc1C. The van der Waals surface area contributed by atoms with Gasteiger partial charge in [0.1, 0.15) is 5.75 Å². The van der Waals surface area contributed by atoms with E-state index in [1.807, 2.05) is 41.3 Å². The summed E-state index contributed by atoms with van der Waals surface area (Å²) < 4.78 is 5.76. The topological polar surface area (TPSA) is 55.6 Å². The van der Waals surface area contributed by atoms with E-state index in [-0.39, 0.29) is 5.91 Å². The summed E-state index contributed by atoms with van der Waals surface area (Å²) >= 11 is 0. The molecule has 138 valence electrons. The fourth-order valence-corrected chi connectivity index (χ4v) is 3.61. The normalized spacial score (nSPS) is 19.6. The van der Waals surface area contributed by atoms with E-state index in [2.05, 4.69) is 26.0 Å². The fourth-order valence-electron chi connectivity index (χ4n) is 3.61. The lowest BCUT2D eigenvalue weighted by atomic mass is 9.89. The lowest BCUT2D eigenvalue weighted by molar-refractivity contribution is -0.130. The van der Waals surface area contributed by atoms with E-state index in [1.54, 1.807) is 0 Å². The molecule has 0 spiro atoms. The number of nitrogens with two attached hydrogens (primary N) is 1. The molecule has 0 saturated carbocycles. The molecule has 0 radical (unpaired) electrons. The fraction of sp³-hybridized carbons (Fsp3) is 0.409. The predicted molar refractivity (Wildman–Crippen MR) is 104 cm³/mol. The zero-order chi connectivity index (χ0) is 18.5. The standard InChI is InChI=1S/C22H28N2O2/c1-16-8-9-20(12-17(16)2)26-11-10-22(25)24-14-19(13-23)21(15-24)18-6-4-3-5-7-18/h3-9,12,19,21H,10-11,13-15,23H2,1-2H3/t19-,21+/m1/s1. The molecule has 2 aromatic rings. The number of hydrogen-bond acceptors (Lipinski definition) is 3. The lowest BCUT2D eigenvalue weighted by Crippen LogP contribution is -2.30. The molecule has 0 aromatic heterocycles. The Morgan fingerprint density at radius 3 is 2.58 bits per heavy atom. The molecule has 3 rings (SSSR count). The van der Waals surface area contributed by atoms with Crippen LogP contribution in [-0.2, 0) is 4.79 Å². The molecule has 1 fully saturated rings. The first-order valence-corrected chi connectivity index (χ1v) is 9.31. The van der Waals surface area contributed by atoms with Crippen LogP contribution < -0.4 is 10.5 Å². The van der Waals surface area contributed by atoms with Crippen LogP contribution in [0.5, 0.6) is 5.75 Å². The van der Waals surface area contributed by atoms with Gasteiger partial charge in [-0.2, -0.15) is 0 Å². The summed E-state index contributed by atoms with van der Waals surface area (Å²) in [5.74, 6) is 1.61. The summed E-state index contributed by atoms with van der Waals surface area (Å²) in [6.45, 7) is 6.62. The van der Waals surface area contributed by atoms with Crippen molar-refractivity contribution in [2.45, 2.75) is 26.2 Å². The minimum atomic E-state index is 0.144. The summed E-state index contributed by atoms with van der Waals surface area (Å²) in [6, 6.07) is 16.4. The van der Waals surface area contributed by atoms with E-state index in [1.165, 1.54) is 16.7 Å². The molecule has 1 saturated heterocycles. The van der Waals surface area contributed by atoms with E-state index in [4.69, 9.17) is 10.5 Å². The Kier molecular flexibility index (Phi) is 5.94. The average molecular weight is 352 g/mol. The summed E-state index contributed by atoms with van der Waals surface area (Å²) in [5, 5.41) is 0. The summed E-state index contributed by atoms with van der Waals surface area (Å²) in [6.07, 6.45) is 0.395. The summed E-state index contributed by atoms with van der Waals surface area (Å²) in [5.41, 5.74) is 9.67. The van der Waals surface area contributed by atoms with Crippen molar-refractivity contribution in [3.8, 4) is 5.75 Å². The minimum absolute atomic E-state index is 0.144. The van der Waals surface area contributed by atoms with Gasteiger partial charge in [0.25, 0.3) is 0 Å². The lowest BCUT2D eigenvalue weighted by Gasteiger charge is -2.17. The van der Waals surface area contributed by atoms with E-state index < -0.39 is 0 Å².